The summed E-state index contributed by atoms with van der Waals surface area (Å²) in [6.45, 7) is 12.8. The Morgan fingerprint density at radius 2 is 1.93 bits per heavy atom. The molecule has 236 valence electrons. The maximum atomic E-state index is 13.8. The zero-order chi connectivity index (χ0) is 31.9. The third-order valence-electron chi connectivity index (χ3n) is 8.81. The number of nitrogens with zero attached hydrogens (tertiary/aromatic N) is 6. The molecule has 1 saturated carbocycles. The van der Waals surface area contributed by atoms with Crippen LogP contribution in [0, 0.1) is 12.0 Å². The average Bonchev–Trinajstić information content (AvgIpc) is 3.76. The van der Waals surface area contributed by atoms with Crippen molar-refractivity contribution in [2.24, 2.45) is 5.41 Å². The Balaban J connectivity index is 1.34. The number of benzene rings is 2. The number of rotatable bonds is 9. The van der Waals surface area contributed by atoms with Gasteiger partial charge < -0.3 is 24.3 Å². The minimum absolute atomic E-state index is 0.00970. The molecule has 2 aromatic carbocycles. The summed E-state index contributed by atoms with van der Waals surface area (Å²) >= 11 is 6.66. The molecule has 0 bridgehead atoms. The molecule has 0 N–H and O–H groups in total. The summed E-state index contributed by atoms with van der Waals surface area (Å²) in [5, 5.41) is 2.66. The van der Waals surface area contributed by atoms with E-state index < -0.39 is 33.0 Å². The molecule has 1 saturated heterocycles. The van der Waals surface area contributed by atoms with Gasteiger partial charge in [-0.05, 0) is 36.8 Å². The molecular weight excluding hydrogens is 619 g/mol. The molecule has 2 aliphatic heterocycles. The Kier molecular flexibility index (Phi) is 8.35. The van der Waals surface area contributed by atoms with Gasteiger partial charge in [-0.2, -0.15) is 9.97 Å². The van der Waals surface area contributed by atoms with Crippen LogP contribution < -0.4 is 14.5 Å². The van der Waals surface area contributed by atoms with Crippen molar-refractivity contribution in [3.63, 3.8) is 0 Å². The van der Waals surface area contributed by atoms with Gasteiger partial charge in [0.25, 0.3) is 5.91 Å². The lowest BCUT2D eigenvalue weighted by atomic mass is 10.0. The highest BCUT2D eigenvalue weighted by atomic mass is 35.5. The summed E-state index contributed by atoms with van der Waals surface area (Å²) in [7, 11) is -3.19. The number of fused-ring (bicyclic) bond motifs is 2. The van der Waals surface area contributed by atoms with Gasteiger partial charge in [-0.25, -0.2) is 19.4 Å². The van der Waals surface area contributed by atoms with Crippen LogP contribution in [-0.4, -0.2) is 86.6 Å². The van der Waals surface area contributed by atoms with E-state index in [4.69, 9.17) is 32.9 Å². The molecule has 1 atom stereocenters. The molecule has 2 fully saturated rings. The van der Waals surface area contributed by atoms with Gasteiger partial charge in [0.15, 0.2) is 5.83 Å². The monoisotopic (exact) mass is 652 g/mol. The smallest absolute Gasteiger partial charge is 0.318 e. The number of carbonyl (C=O) groups excluding carboxylic acids is 1. The number of halogens is 2. The minimum atomic E-state index is -3.19. The van der Waals surface area contributed by atoms with Crippen molar-refractivity contribution < 1.29 is 22.3 Å². The maximum Gasteiger partial charge on any atom is 0.318 e. The van der Waals surface area contributed by atoms with E-state index in [1.165, 1.54) is 11.2 Å². The Bertz CT molecular complexity index is 1820. The molecule has 0 radical (unpaired) electrons. The highest BCUT2D eigenvalue weighted by Crippen LogP contribution is 2.47. The number of hydrogen-bond donors (Lipinski definition) is 0. The van der Waals surface area contributed by atoms with Crippen molar-refractivity contribution in [3.8, 4) is 6.01 Å². The van der Waals surface area contributed by atoms with Gasteiger partial charge in [0, 0.05) is 54.5 Å². The number of hydrogen-bond acceptors (Lipinski definition) is 8. The summed E-state index contributed by atoms with van der Waals surface area (Å²) in [4.78, 5) is 31.3. The van der Waals surface area contributed by atoms with Gasteiger partial charge in [0.05, 0.1) is 29.6 Å². The van der Waals surface area contributed by atoms with Crippen molar-refractivity contribution in [1.29, 1.82) is 0 Å². The van der Waals surface area contributed by atoms with Crippen molar-refractivity contribution in [2.75, 3.05) is 61.1 Å². The van der Waals surface area contributed by atoms with E-state index >= 15 is 0 Å². The minimum Gasteiger partial charge on any atom is -0.463 e. The molecule has 1 aromatic heterocycles. The second kappa shape index (κ2) is 12.1. The molecule has 3 heterocycles. The fraction of sp³-hybridized carbons (Fsp3) is 0.438. The van der Waals surface area contributed by atoms with Crippen molar-refractivity contribution in [1.82, 2.24) is 14.9 Å². The molecule has 0 spiro atoms. The summed E-state index contributed by atoms with van der Waals surface area (Å²) in [5.74, 6) is -1.16. The van der Waals surface area contributed by atoms with Crippen LogP contribution in [0.3, 0.4) is 0 Å². The molecule has 0 unspecified atom stereocenters. The molecule has 6 rings (SSSR count). The van der Waals surface area contributed by atoms with Gasteiger partial charge in [0.1, 0.15) is 21.7 Å². The Hall–Kier alpha value is -3.95. The molecule has 3 aromatic rings. The molecule has 1 aliphatic carbocycles. The second-order valence-corrected chi connectivity index (χ2v) is 14.8. The van der Waals surface area contributed by atoms with Crippen LogP contribution in [0.15, 0.2) is 48.8 Å². The van der Waals surface area contributed by atoms with Crippen LogP contribution in [0.1, 0.15) is 24.1 Å². The lowest BCUT2D eigenvalue weighted by Gasteiger charge is -2.41. The summed E-state index contributed by atoms with van der Waals surface area (Å²) < 4.78 is 44.1. The van der Waals surface area contributed by atoms with Crippen molar-refractivity contribution >= 4 is 49.6 Å². The first kappa shape index (κ1) is 31.0. The molecule has 13 heteroatoms. The third-order valence-corrected chi connectivity index (χ3v) is 10.3. The van der Waals surface area contributed by atoms with Crippen LogP contribution in [0.4, 0.5) is 15.9 Å². The summed E-state index contributed by atoms with van der Waals surface area (Å²) in [5.41, 5.74) is 2.27. The fourth-order valence-electron chi connectivity index (χ4n) is 6.47. The first-order valence-corrected chi connectivity index (χ1v) is 17.3. The maximum absolute atomic E-state index is 13.8. The zero-order valence-electron chi connectivity index (χ0n) is 25.0. The van der Waals surface area contributed by atoms with Crippen molar-refractivity contribution in [2.45, 2.75) is 31.8 Å². The van der Waals surface area contributed by atoms with Gasteiger partial charge >= 0.3 is 6.01 Å². The zero-order valence-corrected chi connectivity index (χ0v) is 26.6. The van der Waals surface area contributed by atoms with Crippen LogP contribution >= 0.6 is 11.6 Å². The Labute approximate surface area is 267 Å². The quantitative estimate of drug-likeness (QED) is 0.247. The van der Waals surface area contributed by atoms with Crippen LogP contribution in [0.5, 0.6) is 6.01 Å². The normalized spacial score (nSPS) is 19.2. The molecule has 10 nitrogen and oxygen atoms in total. The predicted octanol–water partition coefficient (Wildman–Crippen LogP) is 4.47. The standard InChI is InChI=1S/C32H34ClFN6O4S/c1-21(34)30(41)40-15-14-39(17-23(40)16-35-2)29-24-10-13-38(27-9-5-7-22-6-4-8-25(33)28(22)27)18-26(24)36-31(37-29)44-19-32(11-12-32)20-45(3,42)43/h4-9,23H,1,10-20H2,3H3/t23-/m0/s1. The third kappa shape index (κ3) is 6.56. The van der Waals surface area contributed by atoms with E-state index in [1.54, 1.807) is 0 Å². The van der Waals surface area contributed by atoms with Gasteiger partial charge in [-0.1, -0.05) is 42.4 Å². The SMILES string of the molecule is [C-]#[N+]C[C@H]1CN(c2nc(OCC3(CS(C)(=O)=O)CC3)nc3c2CCN(c2cccc4cccc(Cl)c24)C3)CCN1C(=O)C(=C)F. The van der Waals surface area contributed by atoms with E-state index in [9.17, 15) is 17.6 Å². The van der Waals surface area contributed by atoms with Gasteiger partial charge in [-0.15, -0.1) is 0 Å². The summed E-state index contributed by atoms with van der Waals surface area (Å²) in [6.07, 6.45) is 3.36. The Morgan fingerprint density at radius 1 is 1.18 bits per heavy atom. The first-order valence-electron chi connectivity index (χ1n) is 14.8. The van der Waals surface area contributed by atoms with E-state index in [0.29, 0.717) is 36.9 Å². The number of anilines is 2. The predicted molar refractivity (Wildman–Crippen MR) is 172 cm³/mol. The number of sulfone groups is 1. The topological polar surface area (TPSA) is 100 Å². The van der Waals surface area contributed by atoms with Crippen LogP contribution in [0.25, 0.3) is 15.6 Å². The molecule has 45 heavy (non-hydrogen) atoms. The summed E-state index contributed by atoms with van der Waals surface area (Å²) in [6, 6.07) is 11.5. The van der Waals surface area contributed by atoms with E-state index in [0.717, 1.165) is 40.6 Å². The highest BCUT2D eigenvalue weighted by molar-refractivity contribution is 7.90. The lowest BCUT2D eigenvalue weighted by Crippen LogP contribution is -2.57. The number of carbonyl (C=O) groups is 1. The fourth-order valence-corrected chi connectivity index (χ4v) is 8.24. The van der Waals surface area contributed by atoms with Crippen LogP contribution in [-0.2, 0) is 27.6 Å². The Morgan fingerprint density at radius 3 is 2.62 bits per heavy atom. The van der Waals surface area contributed by atoms with E-state index in [2.05, 4.69) is 16.3 Å². The largest absolute Gasteiger partial charge is 0.463 e. The van der Waals surface area contributed by atoms with E-state index in [-0.39, 0.29) is 38.0 Å². The van der Waals surface area contributed by atoms with Crippen LogP contribution in [0.2, 0.25) is 5.02 Å². The first-order chi connectivity index (χ1) is 21.5. The molecule has 1 amide bonds. The van der Waals surface area contributed by atoms with Gasteiger partial charge in [-0.3, -0.25) is 4.79 Å². The number of amides is 1. The average molecular weight is 653 g/mol. The number of aromatic nitrogens is 2. The van der Waals surface area contributed by atoms with E-state index in [1.807, 2.05) is 41.3 Å². The lowest BCUT2D eigenvalue weighted by molar-refractivity contribution is -0.131. The highest BCUT2D eigenvalue weighted by Gasteiger charge is 2.46. The number of piperazine rings is 1. The second-order valence-electron chi connectivity index (χ2n) is 12.2. The molecule has 3 aliphatic rings. The number of ether oxygens (including phenoxy) is 1. The molecular formula is C32H34ClFN6O4S. The van der Waals surface area contributed by atoms with Gasteiger partial charge in [0.2, 0.25) is 6.54 Å². The van der Waals surface area contributed by atoms with Crippen molar-refractivity contribution in [3.05, 3.63) is 76.5 Å².